The smallest absolute Gasteiger partial charge is 0.246 e. The van der Waals surface area contributed by atoms with Gasteiger partial charge in [-0.2, -0.15) is 12.6 Å². The summed E-state index contributed by atoms with van der Waals surface area (Å²) in [5, 5.41) is 8.90. The Morgan fingerprint density at radius 1 is 0.868 bits per heavy atom. The standard InChI is InChI=1S/C29H36N4O4S/c34-26-18-21-12-6-7-13-22(21)31-28(36)23(14-5-2-8-17-38)32-29(37)25-15-9-16-33(25)27(35)19-24(30-26)20-10-3-1-4-11-20/h1,3-4,6-7,10-13,23-25,38H,2,5,8-9,14-19H2,(H,30,34)(H,31,36)(H,32,37)/t23-,24+,25-/m0/s1. The monoisotopic (exact) mass is 536 g/mol. The van der Waals surface area contributed by atoms with Crippen molar-refractivity contribution in [3.05, 3.63) is 65.7 Å². The SMILES string of the molecule is O=C1Cc2ccccc2NC(=O)[C@H](CCCCCS)NC(=O)[C@@H]2CCCN2C(=O)C[C@H](c2ccccc2)N1. The van der Waals surface area contributed by atoms with E-state index in [-0.39, 0.29) is 36.5 Å². The number of thiol groups is 1. The van der Waals surface area contributed by atoms with Crippen molar-refractivity contribution in [3.63, 3.8) is 0 Å². The largest absolute Gasteiger partial charge is 0.348 e. The van der Waals surface area contributed by atoms with Crippen molar-refractivity contribution in [3.8, 4) is 0 Å². The van der Waals surface area contributed by atoms with Crippen LogP contribution in [0.25, 0.3) is 0 Å². The first-order valence-corrected chi connectivity index (χ1v) is 14.0. The molecule has 0 aliphatic carbocycles. The molecule has 2 aromatic carbocycles. The van der Waals surface area contributed by atoms with Crippen LogP contribution >= 0.6 is 12.6 Å². The van der Waals surface area contributed by atoms with Gasteiger partial charge in [-0.15, -0.1) is 0 Å². The molecule has 8 nitrogen and oxygen atoms in total. The van der Waals surface area contributed by atoms with Crippen LogP contribution in [-0.4, -0.2) is 52.9 Å². The van der Waals surface area contributed by atoms with Crippen molar-refractivity contribution in [2.24, 2.45) is 0 Å². The zero-order valence-corrected chi connectivity index (χ0v) is 22.4. The third-order valence-electron chi connectivity index (χ3n) is 7.20. The van der Waals surface area contributed by atoms with Crippen LogP contribution < -0.4 is 16.0 Å². The van der Waals surface area contributed by atoms with Crippen molar-refractivity contribution >= 4 is 41.9 Å². The number of carbonyl (C=O) groups excluding carboxylic acids is 4. The summed E-state index contributed by atoms with van der Waals surface area (Å²) in [5.41, 5.74) is 2.01. The van der Waals surface area contributed by atoms with Crippen LogP contribution in [0.1, 0.15) is 62.1 Å². The van der Waals surface area contributed by atoms with E-state index in [2.05, 4.69) is 28.6 Å². The topological polar surface area (TPSA) is 108 Å². The first kappa shape index (κ1) is 27.7. The lowest BCUT2D eigenvalue weighted by Gasteiger charge is -2.28. The zero-order valence-electron chi connectivity index (χ0n) is 21.5. The summed E-state index contributed by atoms with van der Waals surface area (Å²) in [6.45, 7) is 0.469. The second-order valence-electron chi connectivity index (χ2n) is 9.94. The second-order valence-corrected chi connectivity index (χ2v) is 10.4. The molecule has 2 heterocycles. The highest BCUT2D eigenvalue weighted by Gasteiger charge is 2.37. The van der Waals surface area contributed by atoms with E-state index >= 15 is 0 Å². The van der Waals surface area contributed by atoms with E-state index in [1.165, 1.54) is 0 Å². The van der Waals surface area contributed by atoms with Gasteiger partial charge in [0, 0.05) is 12.2 Å². The summed E-state index contributed by atoms with van der Waals surface area (Å²) in [6, 6.07) is 14.6. The van der Waals surface area contributed by atoms with E-state index in [4.69, 9.17) is 0 Å². The van der Waals surface area contributed by atoms with Gasteiger partial charge >= 0.3 is 0 Å². The summed E-state index contributed by atoms with van der Waals surface area (Å²) < 4.78 is 0. The molecule has 2 aliphatic rings. The Hall–Kier alpha value is -3.33. The Bertz CT molecular complexity index is 1140. The number of nitrogens with one attached hydrogen (secondary N) is 3. The van der Waals surface area contributed by atoms with Crippen LogP contribution in [0.4, 0.5) is 5.69 Å². The lowest BCUT2D eigenvalue weighted by molar-refractivity contribution is -0.139. The molecule has 0 spiro atoms. The van der Waals surface area contributed by atoms with Crippen LogP contribution in [0.5, 0.6) is 0 Å². The fourth-order valence-corrected chi connectivity index (χ4v) is 5.40. The minimum atomic E-state index is -0.746. The minimum absolute atomic E-state index is 0.0410. The minimum Gasteiger partial charge on any atom is -0.348 e. The molecule has 0 saturated carbocycles. The van der Waals surface area contributed by atoms with Crippen LogP contribution in [-0.2, 0) is 25.6 Å². The molecule has 3 atom stereocenters. The van der Waals surface area contributed by atoms with Crippen molar-refractivity contribution in [2.45, 2.75) is 69.5 Å². The van der Waals surface area contributed by atoms with E-state index in [0.29, 0.717) is 37.1 Å². The molecule has 2 aliphatic heterocycles. The number of amides is 4. The molecule has 38 heavy (non-hydrogen) atoms. The average molecular weight is 537 g/mol. The first-order valence-electron chi connectivity index (χ1n) is 13.4. The highest BCUT2D eigenvalue weighted by atomic mass is 32.1. The van der Waals surface area contributed by atoms with Gasteiger partial charge in [0.15, 0.2) is 0 Å². The molecule has 0 bridgehead atoms. The summed E-state index contributed by atoms with van der Waals surface area (Å²) in [6.07, 6.45) is 4.39. The van der Waals surface area contributed by atoms with Crippen molar-refractivity contribution < 1.29 is 19.2 Å². The summed E-state index contributed by atoms with van der Waals surface area (Å²) >= 11 is 4.26. The van der Waals surface area contributed by atoms with E-state index in [9.17, 15) is 19.2 Å². The molecular formula is C29H36N4O4S. The maximum absolute atomic E-state index is 13.5. The summed E-state index contributed by atoms with van der Waals surface area (Å²) in [7, 11) is 0. The van der Waals surface area contributed by atoms with Crippen molar-refractivity contribution in [2.75, 3.05) is 17.6 Å². The Kier molecular flexibility index (Phi) is 9.81. The van der Waals surface area contributed by atoms with Crippen molar-refractivity contribution in [1.29, 1.82) is 0 Å². The van der Waals surface area contributed by atoms with Gasteiger partial charge in [0.2, 0.25) is 23.6 Å². The number of benzene rings is 2. The molecule has 4 rings (SSSR count). The van der Waals surface area contributed by atoms with Gasteiger partial charge < -0.3 is 20.9 Å². The van der Waals surface area contributed by atoms with Gasteiger partial charge in [-0.1, -0.05) is 61.4 Å². The van der Waals surface area contributed by atoms with Gasteiger partial charge in [-0.05, 0) is 48.6 Å². The number of hydrogen-bond donors (Lipinski definition) is 4. The van der Waals surface area contributed by atoms with Gasteiger partial charge in [0.25, 0.3) is 0 Å². The highest BCUT2D eigenvalue weighted by molar-refractivity contribution is 7.80. The van der Waals surface area contributed by atoms with E-state index in [0.717, 1.165) is 30.6 Å². The lowest BCUT2D eigenvalue weighted by Crippen LogP contribution is -2.52. The zero-order chi connectivity index (χ0) is 26.9. The summed E-state index contributed by atoms with van der Waals surface area (Å²) in [5.74, 6) is -0.318. The Morgan fingerprint density at radius 3 is 2.42 bits per heavy atom. The molecule has 1 saturated heterocycles. The van der Waals surface area contributed by atoms with E-state index in [1.807, 2.05) is 36.4 Å². The van der Waals surface area contributed by atoms with E-state index < -0.39 is 18.1 Å². The predicted molar refractivity (Wildman–Crippen MR) is 150 cm³/mol. The quantitative estimate of drug-likeness (QED) is 0.335. The van der Waals surface area contributed by atoms with Gasteiger partial charge in [0.1, 0.15) is 12.1 Å². The summed E-state index contributed by atoms with van der Waals surface area (Å²) in [4.78, 5) is 55.0. The number of nitrogens with zero attached hydrogens (tertiary/aromatic N) is 1. The highest BCUT2D eigenvalue weighted by Crippen LogP contribution is 2.25. The fourth-order valence-electron chi connectivity index (χ4n) is 5.18. The van der Waals surface area contributed by atoms with E-state index in [1.54, 1.807) is 23.1 Å². The first-order chi connectivity index (χ1) is 18.5. The Labute approximate surface area is 229 Å². The normalized spacial score (nSPS) is 22.9. The molecule has 202 valence electrons. The molecular weight excluding hydrogens is 500 g/mol. The number of unbranched alkanes of at least 4 members (excludes halogenated alkanes) is 2. The van der Waals surface area contributed by atoms with Gasteiger partial charge in [0.05, 0.1) is 18.9 Å². The Balaban J connectivity index is 1.65. The number of hydrogen-bond acceptors (Lipinski definition) is 5. The van der Waals surface area contributed by atoms with Crippen LogP contribution in [0.15, 0.2) is 54.6 Å². The molecule has 9 heteroatoms. The molecule has 0 aromatic heterocycles. The maximum Gasteiger partial charge on any atom is 0.246 e. The molecule has 4 amide bonds. The molecule has 1 fully saturated rings. The third kappa shape index (κ3) is 7.16. The average Bonchev–Trinajstić information content (AvgIpc) is 3.41. The molecule has 0 unspecified atom stereocenters. The third-order valence-corrected chi connectivity index (χ3v) is 7.52. The second kappa shape index (κ2) is 13.5. The van der Waals surface area contributed by atoms with Crippen LogP contribution in [0, 0.1) is 0 Å². The maximum atomic E-state index is 13.5. The van der Waals surface area contributed by atoms with Crippen molar-refractivity contribution in [1.82, 2.24) is 15.5 Å². The number of para-hydroxylation sites is 1. The number of rotatable bonds is 6. The fraction of sp³-hybridized carbons (Fsp3) is 0.448. The molecule has 0 radical (unpaired) electrons. The predicted octanol–water partition coefficient (Wildman–Crippen LogP) is 3.39. The number of anilines is 1. The van der Waals surface area contributed by atoms with Gasteiger partial charge in [-0.3, -0.25) is 19.2 Å². The molecule has 2 aromatic rings. The van der Waals surface area contributed by atoms with Crippen LogP contribution in [0.3, 0.4) is 0 Å². The number of carbonyl (C=O) groups is 4. The van der Waals surface area contributed by atoms with Crippen LogP contribution in [0.2, 0.25) is 0 Å². The Morgan fingerprint density at radius 2 is 1.63 bits per heavy atom. The molecule has 3 N–H and O–H groups in total. The lowest BCUT2D eigenvalue weighted by atomic mass is 10.0. The number of fused-ring (bicyclic) bond motifs is 2. The van der Waals surface area contributed by atoms with Gasteiger partial charge in [-0.25, -0.2) is 0 Å².